The lowest BCUT2D eigenvalue weighted by Crippen LogP contribution is -2.09. The number of benzene rings is 2. The minimum absolute atomic E-state index is 0.0533. The molecule has 0 atom stereocenters. The number of rotatable bonds is 5. The molecule has 0 aliphatic carbocycles. The molecule has 116 valence electrons. The first kappa shape index (κ1) is 16.0. The van der Waals surface area contributed by atoms with E-state index in [1.54, 1.807) is 12.1 Å². The second-order valence-electron chi connectivity index (χ2n) is 4.74. The van der Waals surface area contributed by atoms with E-state index < -0.39 is 11.8 Å². The van der Waals surface area contributed by atoms with Crippen molar-refractivity contribution in [2.24, 2.45) is 0 Å². The lowest BCUT2D eigenvalue weighted by Gasteiger charge is -2.00. The zero-order valence-corrected chi connectivity index (χ0v) is 12.0. The summed E-state index contributed by atoms with van der Waals surface area (Å²) in [5.74, 6) is -1.83. The van der Waals surface area contributed by atoms with Gasteiger partial charge < -0.3 is 15.3 Å². The zero-order valence-electron chi connectivity index (χ0n) is 12.0. The highest BCUT2D eigenvalue weighted by molar-refractivity contribution is 6.25. The van der Waals surface area contributed by atoms with Gasteiger partial charge in [-0.3, -0.25) is 4.79 Å². The van der Waals surface area contributed by atoms with E-state index in [0.717, 1.165) is 6.08 Å². The van der Waals surface area contributed by atoms with Crippen LogP contribution in [0.15, 0.2) is 60.2 Å². The summed E-state index contributed by atoms with van der Waals surface area (Å²) in [7, 11) is 0. The molecule has 0 fully saturated rings. The summed E-state index contributed by atoms with van der Waals surface area (Å²) in [6, 6.07) is 12.0. The van der Waals surface area contributed by atoms with Gasteiger partial charge in [0.2, 0.25) is 0 Å². The standard InChI is InChI=1S/C18H14O5/c19-14-6-1-12(2-7-14)5-10-17(21)16(18(22)23)11-13-3-8-15(20)9-4-13/h1-11,19-20H,(H,22,23). The topological polar surface area (TPSA) is 94.8 Å². The highest BCUT2D eigenvalue weighted by Gasteiger charge is 2.14. The molecular formula is C18H14O5. The van der Waals surface area contributed by atoms with E-state index in [4.69, 9.17) is 0 Å². The van der Waals surface area contributed by atoms with Crippen LogP contribution in [0.1, 0.15) is 11.1 Å². The number of aliphatic carboxylic acids is 1. The molecule has 0 saturated carbocycles. The summed E-state index contributed by atoms with van der Waals surface area (Å²) in [4.78, 5) is 23.3. The molecule has 5 nitrogen and oxygen atoms in total. The quantitative estimate of drug-likeness (QED) is 0.448. The molecule has 0 spiro atoms. The number of phenolic OH excluding ortho intramolecular Hbond substituents is 2. The average Bonchev–Trinajstić information content (AvgIpc) is 2.53. The fourth-order valence-corrected chi connectivity index (χ4v) is 1.82. The van der Waals surface area contributed by atoms with Gasteiger partial charge in [-0.25, -0.2) is 4.79 Å². The van der Waals surface area contributed by atoms with Crippen LogP contribution in [0.4, 0.5) is 0 Å². The number of aromatic hydroxyl groups is 2. The van der Waals surface area contributed by atoms with Gasteiger partial charge in [0, 0.05) is 0 Å². The van der Waals surface area contributed by atoms with Crippen molar-refractivity contribution in [2.45, 2.75) is 0 Å². The number of carboxylic acids is 1. The summed E-state index contributed by atoms with van der Waals surface area (Å²) in [5.41, 5.74) is 0.767. The molecular weight excluding hydrogens is 296 g/mol. The third kappa shape index (κ3) is 4.57. The first-order chi connectivity index (χ1) is 11.0. The van der Waals surface area contributed by atoms with Gasteiger partial charge in [-0.1, -0.05) is 30.3 Å². The maximum Gasteiger partial charge on any atom is 0.339 e. The molecule has 0 heterocycles. The summed E-state index contributed by atoms with van der Waals surface area (Å²) < 4.78 is 0. The predicted molar refractivity (Wildman–Crippen MR) is 85.9 cm³/mol. The summed E-state index contributed by atoms with van der Waals surface area (Å²) in [5, 5.41) is 27.6. The number of carboxylic acid groups (broad SMARTS) is 1. The number of carbonyl (C=O) groups is 2. The number of phenols is 2. The van der Waals surface area contributed by atoms with Gasteiger partial charge in [0.15, 0.2) is 5.78 Å². The van der Waals surface area contributed by atoms with Crippen molar-refractivity contribution in [3.8, 4) is 11.5 Å². The highest BCUT2D eigenvalue weighted by Crippen LogP contribution is 2.15. The van der Waals surface area contributed by atoms with Crippen LogP contribution in [0, 0.1) is 0 Å². The smallest absolute Gasteiger partial charge is 0.339 e. The van der Waals surface area contributed by atoms with Gasteiger partial charge >= 0.3 is 5.97 Å². The maximum absolute atomic E-state index is 12.1. The Morgan fingerprint density at radius 1 is 0.783 bits per heavy atom. The van der Waals surface area contributed by atoms with Gasteiger partial charge in [-0.2, -0.15) is 0 Å². The SMILES string of the molecule is O=C(O)C(=Cc1ccc(O)cc1)C(=O)C=Cc1ccc(O)cc1. The van der Waals surface area contributed by atoms with Crippen LogP contribution in [0.3, 0.4) is 0 Å². The van der Waals surface area contributed by atoms with Gasteiger partial charge in [-0.15, -0.1) is 0 Å². The molecule has 0 aliphatic rings. The molecule has 2 rings (SSSR count). The Kier molecular flexibility index (Phi) is 4.94. The number of carbonyl (C=O) groups excluding carboxylic acids is 1. The van der Waals surface area contributed by atoms with Crippen LogP contribution in [-0.2, 0) is 9.59 Å². The Hall–Kier alpha value is -3.34. The van der Waals surface area contributed by atoms with Gasteiger partial charge in [-0.05, 0) is 47.5 Å². The largest absolute Gasteiger partial charge is 0.508 e. The monoisotopic (exact) mass is 310 g/mol. The second kappa shape index (κ2) is 7.09. The number of hydrogen-bond acceptors (Lipinski definition) is 4. The van der Waals surface area contributed by atoms with Crippen LogP contribution in [0.2, 0.25) is 0 Å². The predicted octanol–water partition coefficient (Wildman–Crippen LogP) is 2.85. The van der Waals surface area contributed by atoms with Crippen molar-refractivity contribution in [3.63, 3.8) is 0 Å². The molecule has 3 N–H and O–H groups in total. The fourth-order valence-electron chi connectivity index (χ4n) is 1.82. The van der Waals surface area contributed by atoms with Crippen LogP contribution < -0.4 is 0 Å². The Morgan fingerprint density at radius 2 is 1.26 bits per heavy atom. The van der Waals surface area contributed by atoms with Crippen molar-refractivity contribution >= 4 is 23.9 Å². The van der Waals surface area contributed by atoms with E-state index in [2.05, 4.69) is 0 Å². The van der Waals surface area contributed by atoms with E-state index in [-0.39, 0.29) is 17.1 Å². The molecule has 23 heavy (non-hydrogen) atoms. The van der Waals surface area contributed by atoms with Crippen molar-refractivity contribution in [2.75, 3.05) is 0 Å². The minimum atomic E-state index is -1.33. The number of allylic oxidation sites excluding steroid dienone is 1. The Bertz CT molecular complexity index is 768. The van der Waals surface area contributed by atoms with Crippen LogP contribution in [0.5, 0.6) is 11.5 Å². The molecule has 0 amide bonds. The van der Waals surface area contributed by atoms with Crippen LogP contribution in [0.25, 0.3) is 12.2 Å². The molecule has 5 heteroatoms. The second-order valence-corrected chi connectivity index (χ2v) is 4.74. The summed E-state index contributed by atoms with van der Waals surface area (Å²) in [6.07, 6.45) is 3.87. The Morgan fingerprint density at radius 3 is 1.74 bits per heavy atom. The lowest BCUT2D eigenvalue weighted by atomic mass is 10.1. The van der Waals surface area contributed by atoms with Crippen molar-refractivity contribution < 1.29 is 24.9 Å². The van der Waals surface area contributed by atoms with Crippen LogP contribution >= 0.6 is 0 Å². The first-order valence-electron chi connectivity index (χ1n) is 6.71. The number of hydrogen-bond donors (Lipinski definition) is 3. The maximum atomic E-state index is 12.1. The minimum Gasteiger partial charge on any atom is -0.508 e. The zero-order chi connectivity index (χ0) is 16.8. The van der Waals surface area contributed by atoms with Gasteiger partial charge in [0.25, 0.3) is 0 Å². The summed E-state index contributed by atoms with van der Waals surface area (Å²) >= 11 is 0. The van der Waals surface area contributed by atoms with E-state index >= 15 is 0 Å². The van der Waals surface area contributed by atoms with E-state index in [1.165, 1.54) is 48.6 Å². The molecule has 0 radical (unpaired) electrons. The fraction of sp³-hybridized carbons (Fsp3) is 0. The van der Waals surface area contributed by atoms with Gasteiger partial charge in [0.05, 0.1) is 0 Å². The van der Waals surface area contributed by atoms with E-state index in [0.29, 0.717) is 11.1 Å². The highest BCUT2D eigenvalue weighted by atomic mass is 16.4. The Labute approximate surface area is 132 Å². The molecule has 0 unspecified atom stereocenters. The molecule has 0 aliphatic heterocycles. The molecule has 2 aromatic carbocycles. The van der Waals surface area contributed by atoms with Crippen molar-refractivity contribution in [3.05, 3.63) is 71.3 Å². The summed E-state index contributed by atoms with van der Waals surface area (Å²) in [6.45, 7) is 0. The van der Waals surface area contributed by atoms with Crippen LogP contribution in [-0.4, -0.2) is 27.1 Å². The van der Waals surface area contributed by atoms with Crippen molar-refractivity contribution in [1.82, 2.24) is 0 Å². The molecule has 0 saturated heterocycles. The van der Waals surface area contributed by atoms with E-state index in [9.17, 15) is 24.9 Å². The number of ketones is 1. The molecule has 0 aromatic heterocycles. The third-order valence-corrected chi connectivity index (χ3v) is 3.02. The lowest BCUT2D eigenvalue weighted by molar-refractivity contribution is -0.133. The molecule has 0 bridgehead atoms. The first-order valence-corrected chi connectivity index (χ1v) is 6.71. The normalized spacial score (nSPS) is 11.6. The average molecular weight is 310 g/mol. The van der Waals surface area contributed by atoms with E-state index in [1.807, 2.05) is 0 Å². The Balaban J connectivity index is 2.23. The molecule has 2 aromatic rings. The van der Waals surface area contributed by atoms with Crippen molar-refractivity contribution in [1.29, 1.82) is 0 Å². The van der Waals surface area contributed by atoms with Gasteiger partial charge in [0.1, 0.15) is 17.1 Å². The third-order valence-electron chi connectivity index (χ3n) is 3.02.